The summed E-state index contributed by atoms with van der Waals surface area (Å²) < 4.78 is 0. The van der Waals surface area contributed by atoms with E-state index >= 15 is 0 Å². The van der Waals surface area contributed by atoms with E-state index in [0.717, 1.165) is 23.0 Å². The number of aromatic amines is 1. The first-order valence-corrected chi connectivity index (χ1v) is 12.2. The van der Waals surface area contributed by atoms with Gasteiger partial charge in [0.25, 0.3) is 0 Å². The second-order valence-corrected chi connectivity index (χ2v) is 10.2. The van der Waals surface area contributed by atoms with Crippen LogP contribution in [0.4, 0.5) is 11.5 Å². The average molecular weight is 655 g/mol. The molecular formula is C22H32N4S2U. The maximum atomic E-state index is 5.43. The van der Waals surface area contributed by atoms with Gasteiger partial charge in [0.2, 0.25) is 0 Å². The minimum absolute atomic E-state index is 0. The average Bonchev–Trinajstić information content (AvgIpc) is 3.43. The van der Waals surface area contributed by atoms with Crippen LogP contribution in [-0.2, 0) is 32.1 Å². The van der Waals surface area contributed by atoms with Crippen LogP contribution in [-0.4, -0.2) is 23.3 Å². The summed E-state index contributed by atoms with van der Waals surface area (Å²) in [4.78, 5) is 0. The smallest absolute Gasteiger partial charge is 0.521 e. The second-order valence-electron chi connectivity index (χ2n) is 7.29. The van der Waals surface area contributed by atoms with E-state index in [-0.39, 0.29) is 40.6 Å². The Morgan fingerprint density at radius 2 is 1.97 bits per heavy atom. The Hall–Kier alpha value is -0.448. The molecule has 0 spiro atoms. The van der Waals surface area contributed by atoms with Crippen molar-refractivity contribution in [3.05, 3.63) is 60.7 Å². The molecule has 29 heavy (non-hydrogen) atoms. The van der Waals surface area contributed by atoms with Crippen LogP contribution in [0.3, 0.4) is 0 Å². The zero-order valence-electron chi connectivity index (χ0n) is 17.6. The van der Waals surface area contributed by atoms with E-state index in [9.17, 15) is 0 Å². The van der Waals surface area contributed by atoms with Gasteiger partial charge in [-0.3, -0.25) is 11.7 Å². The molecule has 4 nitrogen and oxygen atoms in total. The van der Waals surface area contributed by atoms with Crippen molar-refractivity contribution >= 4 is 32.1 Å². The van der Waals surface area contributed by atoms with Crippen LogP contribution in [0.25, 0.3) is 0 Å². The third-order valence-corrected chi connectivity index (χ3v) is 6.87. The molecule has 1 aliphatic carbocycles. The Kier molecular flexibility index (Phi) is 12.6. The number of hydrogen-bond acceptors (Lipinski definition) is 4. The minimum atomic E-state index is 0. The Morgan fingerprint density at radius 1 is 1.28 bits per heavy atom. The van der Waals surface area contributed by atoms with E-state index in [1.54, 1.807) is 0 Å². The van der Waals surface area contributed by atoms with Crippen LogP contribution in [0.1, 0.15) is 55.8 Å². The van der Waals surface area contributed by atoms with Gasteiger partial charge in [-0.2, -0.15) is 17.9 Å². The quantitative estimate of drug-likeness (QED) is 0.410. The molecule has 0 saturated heterocycles. The van der Waals surface area contributed by atoms with Crippen molar-refractivity contribution in [3.63, 3.8) is 0 Å². The van der Waals surface area contributed by atoms with Crippen molar-refractivity contribution in [2.75, 3.05) is 12.4 Å². The van der Waals surface area contributed by atoms with Gasteiger partial charge in [0.05, 0.1) is 0 Å². The predicted molar refractivity (Wildman–Crippen MR) is 125 cm³/mol. The number of nitrogens with one attached hydrogen (secondary N) is 3. The van der Waals surface area contributed by atoms with Crippen LogP contribution < -0.4 is 10.6 Å². The fourth-order valence-corrected chi connectivity index (χ4v) is 5.28. The van der Waals surface area contributed by atoms with Gasteiger partial charge in [0.1, 0.15) is 0 Å². The van der Waals surface area contributed by atoms with E-state index in [0.29, 0.717) is 12.0 Å². The van der Waals surface area contributed by atoms with Crippen molar-refractivity contribution < 1.29 is 31.1 Å². The van der Waals surface area contributed by atoms with E-state index in [2.05, 4.69) is 78.5 Å². The molecule has 2 heterocycles. The molecule has 1 saturated carbocycles. The molecule has 1 aromatic carbocycles. The number of hydrogen-bond donors (Lipinski definition) is 3. The zero-order chi connectivity index (χ0) is 20.5. The molecule has 156 valence electrons. The van der Waals surface area contributed by atoms with E-state index in [1.807, 2.05) is 7.05 Å². The Labute approximate surface area is 207 Å². The maximum absolute atomic E-state index is 5.43. The summed E-state index contributed by atoms with van der Waals surface area (Å²) >= 11 is 5.43. The summed E-state index contributed by atoms with van der Waals surface area (Å²) in [6, 6.07) is 9.35. The molecule has 0 bridgehead atoms. The molecule has 2 aromatic rings. The summed E-state index contributed by atoms with van der Waals surface area (Å²) in [5.74, 6) is 3.64. The normalized spacial score (nSPS) is 19.3. The van der Waals surface area contributed by atoms with Gasteiger partial charge >= 0.3 is 31.1 Å². The second kappa shape index (κ2) is 13.8. The molecule has 3 N–H and O–H groups in total. The Bertz CT molecular complexity index is 770. The zero-order valence-corrected chi connectivity index (χ0v) is 23.4. The van der Waals surface area contributed by atoms with Crippen molar-refractivity contribution in [2.45, 2.75) is 56.6 Å². The predicted octanol–water partition coefficient (Wildman–Crippen LogP) is 4.94. The van der Waals surface area contributed by atoms with Crippen LogP contribution in [0.5, 0.6) is 0 Å². The Morgan fingerprint density at radius 3 is 2.59 bits per heavy atom. The molecule has 0 radical (unpaired) electrons. The van der Waals surface area contributed by atoms with Gasteiger partial charge in [-0.1, -0.05) is 37.5 Å². The molecule has 0 amide bonds. The van der Waals surface area contributed by atoms with E-state index < -0.39 is 0 Å². The van der Waals surface area contributed by atoms with Crippen LogP contribution >= 0.6 is 0 Å². The molecule has 2 unspecified atom stereocenters. The topological polar surface area (TPSA) is 52.7 Å². The molecule has 1 aromatic heterocycles. The standard InChI is InChI=1S/C16H18N3S2.C4H11N.C2H3.U/c20-21-9-12-5-6-14(7-13(12)10-21)17-16-8-15(18-19-16)11-3-1-2-4-11;1-4(2)5-3;1-2;/h1,5-8,11H,2-4,9-10H2,(H2,17,18,19);4-5H,1-3H3;1H,2H2;/q-1;;-1;+2. The fraction of sp³-hybridized carbons (Fsp3) is 0.455. The van der Waals surface area contributed by atoms with Gasteiger partial charge in [-0.15, -0.1) is 9.45 Å². The van der Waals surface area contributed by atoms with Crippen LogP contribution in [0.15, 0.2) is 30.8 Å². The van der Waals surface area contributed by atoms with Crippen molar-refractivity contribution in [1.29, 1.82) is 0 Å². The molecule has 1 fully saturated rings. The van der Waals surface area contributed by atoms with E-state index in [4.69, 9.17) is 11.2 Å². The summed E-state index contributed by atoms with van der Waals surface area (Å²) in [7, 11) is 2.06. The SMILES string of the molecule is CNC(C)C.S=S1Cc2ccc(Nc3cc(C4C[CH-]CC4)[nH]n3)cc2C1.[CH-]=C.[U+2]. The number of rotatable bonds is 4. The van der Waals surface area contributed by atoms with E-state index in [1.165, 1.54) is 36.1 Å². The largest absolute Gasteiger partial charge is 2.00 e. The number of fused-ring (bicyclic) bond motifs is 1. The van der Waals surface area contributed by atoms with Crippen molar-refractivity contribution in [2.24, 2.45) is 0 Å². The van der Waals surface area contributed by atoms with Gasteiger partial charge in [0, 0.05) is 35.0 Å². The van der Waals surface area contributed by atoms with Crippen molar-refractivity contribution in [3.8, 4) is 0 Å². The number of H-pyrrole nitrogens is 1. The number of aromatic nitrogens is 2. The molecular weight excluding hydrogens is 622 g/mol. The maximum Gasteiger partial charge on any atom is 2.00 e. The first kappa shape index (κ1) is 26.6. The summed E-state index contributed by atoms with van der Waals surface area (Å²) in [5, 5.41) is 14.0. The summed E-state index contributed by atoms with van der Waals surface area (Å²) in [6.45, 7) is 11.2. The van der Waals surface area contributed by atoms with Crippen molar-refractivity contribution in [1.82, 2.24) is 15.5 Å². The molecule has 2 aliphatic rings. The van der Waals surface area contributed by atoms with Gasteiger partial charge in [0.15, 0.2) is 5.82 Å². The molecule has 7 heteroatoms. The first-order valence-electron chi connectivity index (χ1n) is 9.74. The summed E-state index contributed by atoms with van der Waals surface area (Å²) in [5.41, 5.74) is 5.18. The fourth-order valence-electron chi connectivity index (χ4n) is 3.17. The number of benzene rings is 1. The van der Waals surface area contributed by atoms with Crippen LogP contribution in [0.2, 0.25) is 0 Å². The molecule has 4 rings (SSSR count). The van der Waals surface area contributed by atoms with Gasteiger partial charge < -0.3 is 23.6 Å². The minimum Gasteiger partial charge on any atom is -0.521 e. The summed E-state index contributed by atoms with van der Waals surface area (Å²) in [6.07, 6.45) is 5.99. The molecule has 2 atom stereocenters. The third kappa shape index (κ3) is 8.30. The first-order chi connectivity index (χ1) is 13.5. The van der Waals surface area contributed by atoms with Crippen LogP contribution in [0, 0.1) is 44.1 Å². The number of nitrogens with zero attached hydrogens (tertiary/aromatic N) is 1. The third-order valence-electron chi connectivity index (χ3n) is 4.90. The van der Waals surface area contributed by atoms with Gasteiger partial charge in [-0.05, 0) is 36.2 Å². The Balaban J connectivity index is 0.000000465. The van der Waals surface area contributed by atoms with Gasteiger partial charge in [-0.25, -0.2) is 0 Å². The molecule has 1 aliphatic heterocycles. The number of anilines is 2. The monoisotopic (exact) mass is 654 g/mol.